The Hall–Kier alpha value is -1.27. The fraction of sp³-hybridized carbons (Fsp3) is 0.167. The number of thiazole rings is 1. The lowest BCUT2D eigenvalue weighted by atomic mass is 10.3. The highest BCUT2D eigenvalue weighted by molar-refractivity contribution is 9.10. The molecule has 0 fully saturated rings. The Labute approximate surface area is 116 Å². The first-order valence-electron chi connectivity index (χ1n) is 5.18. The summed E-state index contributed by atoms with van der Waals surface area (Å²) >= 11 is 4.38. The summed E-state index contributed by atoms with van der Waals surface area (Å²) in [7, 11) is 0. The molecule has 6 heteroatoms. The number of nitrogens with one attached hydrogen (secondary N) is 1. The molecule has 0 spiro atoms. The number of aryl methyl sites for hydroxylation is 2. The van der Waals surface area contributed by atoms with Gasteiger partial charge in [-0.25, -0.2) is 9.37 Å². The van der Waals surface area contributed by atoms with Crippen molar-refractivity contribution in [3.05, 3.63) is 44.1 Å². The second-order valence-electron chi connectivity index (χ2n) is 3.73. The number of nitrogens with zero attached hydrogens (tertiary/aromatic N) is 1. The summed E-state index contributed by atoms with van der Waals surface area (Å²) in [5.41, 5.74) is 1.11. The van der Waals surface area contributed by atoms with E-state index in [4.69, 9.17) is 0 Å². The lowest BCUT2D eigenvalue weighted by Crippen LogP contribution is -2.11. The van der Waals surface area contributed by atoms with E-state index in [9.17, 15) is 9.18 Å². The van der Waals surface area contributed by atoms with Crippen LogP contribution in [0.15, 0.2) is 22.7 Å². The number of anilines is 1. The van der Waals surface area contributed by atoms with Gasteiger partial charge in [-0.15, -0.1) is 11.3 Å². The minimum absolute atomic E-state index is 0.264. The van der Waals surface area contributed by atoms with E-state index in [1.54, 1.807) is 19.1 Å². The van der Waals surface area contributed by atoms with Gasteiger partial charge in [-0.2, -0.15) is 0 Å². The Morgan fingerprint density at radius 3 is 2.72 bits per heavy atom. The number of rotatable bonds is 2. The molecule has 2 rings (SSSR count). The Morgan fingerprint density at radius 2 is 2.17 bits per heavy atom. The molecule has 0 radical (unpaired) electrons. The SMILES string of the molecule is Cc1nc(C)c(C(=O)Nc2ccc(Br)c(F)c2)s1. The van der Waals surface area contributed by atoms with Crippen molar-refractivity contribution < 1.29 is 9.18 Å². The third-order valence-corrected chi connectivity index (χ3v) is 4.00. The van der Waals surface area contributed by atoms with Gasteiger partial charge in [-0.1, -0.05) is 0 Å². The van der Waals surface area contributed by atoms with Crippen LogP contribution in [0.3, 0.4) is 0 Å². The number of carbonyl (C=O) groups excluding carboxylic acids is 1. The third-order valence-electron chi connectivity index (χ3n) is 2.29. The molecule has 18 heavy (non-hydrogen) atoms. The van der Waals surface area contributed by atoms with Crippen LogP contribution in [0, 0.1) is 19.7 Å². The molecule has 3 nitrogen and oxygen atoms in total. The van der Waals surface area contributed by atoms with Crippen LogP contribution in [0.25, 0.3) is 0 Å². The Bertz CT molecular complexity index is 612. The molecular weight excluding hydrogens is 319 g/mol. The largest absolute Gasteiger partial charge is 0.321 e. The molecule has 0 aliphatic heterocycles. The maximum absolute atomic E-state index is 13.3. The van der Waals surface area contributed by atoms with Gasteiger partial charge in [-0.05, 0) is 48.0 Å². The lowest BCUT2D eigenvalue weighted by molar-refractivity contribution is 0.103. The van der Waals surface area contributed by atoms with E-state index in [1.807, 2.05) is 6.92 Å². The number of hydrogen-bond donors (Lipinski definition) is 1. The van der Waals surface area contributed by atoms with Crippen LogP contribution < -0.4 is 5.32 Å². The van der Waals surface area contributed by atoms with Crippen LogP contribution in [0.2, 0.25) is 0 Å². The zero-order chi connectivity index (χ0) is 13.3. The summed E-state index contributed by atoms with van der Waals surface area (Å²) in [6, 6.07) is 4.45. The summed E-state index contributed by atoms with van der Waals surface area (Å²) in [5.74, 6) is -0.676. The van der Waals surface area contributed by atoms with E-state index < -0.39 is 5.82 Å². The number of halogens is 2. The van der Waals surface area contributed by atoms with E-state index in [1.165, 1.54) is 17.4 Å². The molecule has 1 heterocycles. The molecule has 1 amide bonds. The van der Waals surface area contributed by atoms with Crippen molar-refractivity contribution in [2.24, 2.45) is 0 Å². The minimum Gasteiger partial charge on any atom is -0.321 e. The lowest BCUT2D eigenvalue weighted by Gasteiger charge is -2.04. The maximum atomic E-state index is 13.3. The molecule has 1 aromatic heterocycles. The molecule has 0 unspecified atom stereocenters. The molecule has 1 aromatic carbocycles. The van der Waals surface area contributed by atoms with Crippen LogP contribution in [0.1, 0.15) is 20.4 Å². The predicted octanol–water partition coefficient (Wildman–Crippen LogP) is 3.91. The van der Waals surface area contributed by atoms with Crippen molar-refractivity contribution in [3.63, 3.8) is 0 Å². The summed E-state index contributed by atoms with van der Waals surface area (Å²) in [4.78, 5) is 16.7. The molecular formula is C12H10BrFN2OS. The van der Waals surface area contributed by atoms with Gasteiger partial charge in [0.15, 0.2) is 0 Å². The first kappa shape index (κ1) is 13.2. The van der Waals surface area contributed by atoms with Gasteiger partial charge in [0, 0.05) is 5.69 Å². The molecule has 0 aliphatic carbocycles. The monoisotopic (exact) mass is 328 g/mol. The number of carbonyl (C=O) groups is 1. The Morgan fingerprint density at radius 1 is 1.44 bits per heavy atom. The van der Waals surface area contributed by atoms with Crippen molar-refractivity contribution in [2.45, 2.75) is 13.8 Å². The second-order valence-corrected chi connectivity index (χ2v) is 5.79. The van der Waals surface area contributed by atoms with Crippen molar-refractivity contribution >= 4 is 38.9 Å². The summed E-state index contributed by atoms with van der Waals surface area (Å²) in [5, 5.41) is 3.48. The van der Waals surface area contributed by atoms with Crippen LogP contribution >= 0.6 is 27.3 Å². The van der Waals surface area contributed by atoms with Crippen molar-refractivity contribution in [3.8, 4) is 0 Å². The van der Waals surface area contributed by atoms with Crippen LogP contribution in [0.4, 0.5) is 10.1 Å². The van der Waals surface area contributed by atoms with E-state index in [2.05, 4.69) is 26.2 Å². The molecule has 0 saturated carbocycles. The topological polar surface area (TPSA) is 42.0 Å². The highest BCUT2D eigenvalue weighted by Gasteiger charge is 2.14. The first-order valence-corrected chi connectivity index (χ1v) is 6.79. The van der Waals surface area contributed by atoms with Crippen molar-refractivity contribution in [1.82, 2.24) is 4.98 Å². The van der Waals surface area contributed by atoms with Gasteiger partial charge >= 0.3 is 0 Å². The zero-order valence-electron chi connectivity index (χ0n) is 9.75. The average Bonchev–Trinajstić information content (AvgIpc) is 2.63. The van der Waals surface area contributed by atoms with E-state index in [0.29, 0.717) is 20.7 Å². The van der Waals surface area contributed by atoms with Crippen molar-refractivity contribution in [1.29, 1.82) is 0 Å². The summed E-state index contributed by atoms with van der Waals surface area (Å²) < 4.78 is 13.7. The molecule has 0 bridgehead atoms. The summed E-state index contributed by atoms with van der Waals surface area (Å²) in [6.45, 7) is 3.62. The van der Waals surface area contributed by atoms with Crippen LogP contribution in [0.5, 0.6) is 0 Å². The Kier molecular flexibility index (Phi) is 3.77. The fourth-order valence-electron chi connectivity index (χ4n) is 1.50. The number of benzene rings is 1. The summed E-state index contributed by atoms with van der Waals surface area (Å²) in [6.07, 6.45) is 0. The van der Waals surface area contributed by atoms with Gasteiger partial charge in [0.05, 0.1) is 15.2 Å². The predicted molar refractivity (Wildman–Crippen MR) is 73.6 cm³/mol. The van der Waals surface area contributed by atoms with Gasteiger partial charge in [0.2, 0.25) is 0 Å². The minimum atomic E-state index is -0.412. The number of hydrogen-bond acceptors (Lipinski definition) is 3. The smallest absolute Gasteiger partial charge is 0.267 e. The highest BCUT2D eigenvalue weighted by atomic mass is 79.9. The quantitative estimate of drug-likeness (QED) is 0.907. The van der Waals surface area contributed by atoms with Gasteiger partial charge in [-0.3, -0.25) is 4.79 Å². The fourth-order valence-corrected chi connectivity index (χ4v) is 2.57. The van der Waals surface area contributed by atoms with Gasteiger partial charge in [0.25, 0.3) is 5.91 Å². The maximum Gasteiger partial charge on any atom is 0.267 e. The molecule has 0 aliphatic rings. The zero-order valence-corrected chi connectivity index (χ0v) is 12.2. The molecule has 1 N–H and O–H groups in total. The Balaban J connectivity index is 2.21. The first-order chi connectivity index (χ1) is 8.47. The van der Waals surface area contributed by atoms with Gasteiger partial charge in [0.1, 0.15) is 10.7 Å². The molecule has 0 saturated heterocycles. The number of amides is 1. The standard InChI is InChI=1S/C12H10BrFN2OS/c1-6-11(18-7(2)15-6)12(17)16-8-3-4-9(13)10(14)5-8/h3-5H,1-2H3,(H,16,17). The van der Waals surface area contributed by atoms with Crippen molar-refractivity contribution in [2.75, 3.05) is 5.32 Å². The second kappa shape index (κ2) is 5.16. The normalized spacial score (nSPS) is 10.4. The molecule has 0 atom stereocenters. The van der Waals surface area contributed by atoms with E-state index >= 15 is 0 Å². The third kappa shape index (κ3) is 2.76. The molecule has 94 valence electrons. The van der Waals surface area contributed by atoms with Crippen LogP contribution in [-0.4, -0.2) is 10.9 Å². The van der Waals surface area contributed by atoms with Gasteiger partial charge < -0.3 is 5.32 Å². The number of aromatic nitrogens is 1. The molecule has 2 aromatic rings. The van der Waals surface area contributed by atoms with E-state index in [-0.39, 0.29) is 5.91 Å². The van der Waals surface area contributed by atoms with Crippen LogP contribution in [-0.2, 0) is 0 Å². The van der Waals surface area contributed by atoms with E-state index in [0.717, 1.165) is 5.01 Å². The average molecular weight is 329 g/mol. The highest BCUT2D eigenvalue weighted by Crippen LogP contribution is 2.22.